The molecule has 0 saturated carbocycles. The molecular formula is C14H9F6NO. The lowest BCUT2D eigenvalue weighted by Gasteiger charge is -2.18. The summed E-state index contributed by atoms with van der Waals surface area (Å²) in [7, 11) is 1.04. The molecule has 0 aliphatic carbocycles. The first-order valence-electron chi connectivity index (χ1n) is 5.93. The molecular weight excluding hydrogens is 312 g/mol. The third-order valence-electron chi connectivity index (χ3n) is 2.92. The van der Waals surface area contributed by atoms with Gasteiger partial charge in [0.15, 0.2) is 0 Å². The van der Waals surface area contributed by atoms with Crippen LogP contribution in [0.5, 0.6) is 5.88 Å². The van der Waals surface area contributed by atoms with Crippen LogP contribution in [-0.4, -0.2) is 12.1 Å². The van der Waals surface area contributed by atoms with Crippen LogP contribution in [-0.2, 0) is 12.4 Å². The molecule has 0 aliphatic rings. The van der Waals surface area contributed by atoms with Crippen molar-refractivity contribution in [3.05, 3.63) is 47.7 Å². The van der Waals surface area contributed by atoms with Crippen LogP contribution in [0.3, 0.4) is 0 Å². The molecule has 0 unspecified atom stereocenters. The van der Waals surface area contributed by atoms with Gasteiger partial charge in [-0.2, -0.15) is 26.3 Å². The van der Waals surface area contributed by atoms with Crippen LogP contribution in [0.25, 0.3) is 11.1 Å². The molecule has 22 heavy (non-hydrogen) atoms. The number of benzene rings is 1. The predicted octanol–water partition coefficient (Wildman–Crippen LogP) is 4.79. The Hall–Kier alpha value is -2.25. The number of hydrogen-bond donors (Lipinski definition) is 0. The highest BCUT2D eigenvalue weighted by Crippen LogP contribution is 2.45. The molecule has 0 fully saturated rings. The van der Waals surface area contributed by atoms with E-state index in [-0.39, 0.29) is 0 Å². The van der Waals surface area contributed by atoms with Crippen molar-refractivity contribution in [2.24, 2.45) is 0 Å². The summed E-state index contributed by atoms with van der Waals surface area (Å²) in [5.41, 5.74) is -3.79. The highest BCUT2D eigenvalue weighted by Gasteiger charge is 2.39. The number of halogens is 6. The third-order valence-corrected chi connectivity index (χ3v) is 2.92. The molecule has 2 rings (SSSR count). The standard InChI is InChI=1S/C14H9F6NO/c1-22-12-11(10(6-7-21-12)14(18,19)20)8-4-2-3-5-9(8)13(15,16)17/h2-7H,1H3. The second kappa shape index (κ2) is 5.51. The van der Waals surface area contributed by atoms with E-state index < -0.39 is 40.5 Å². The van der Waals surface area contributed by atoms with Gasteiger partial charge in [0.1, 0.15) is 0 Å². The van der Waals surface area contributed by atoms with E-state index in [9.17, 15) is 26.3 Å². The van der Waals surface area contributed by atoms with Crippen molar-refractivity contribution < 1.29 is 31.1 Å². The first kappa shape index (κ1) is 16.1. The molecule has 118 valence electrons. The van der Waals surface area contributed by atoms with Crippen molar-refractivity contribution in [2.45, 2.75) is 12.4 Å². The van der Waals surface area contributed by atoms with E-state index in [1.807, 2.05) is 0 Å². The molecule has 0 spiro atoms. The number of hydrogen-bond acceptors (Lipinski definition) is 2. The number of pyridine rings is 1. The van der Waals surface area contributed by atoms with Gasteiger partial charge >= 0.3 is 12.4 Å². The summed E-state index contributed by atoms with van der Waals surface area (Å²) >= 11 is 0. The van der Waals surface area contributed by atoms with Gasteiger partial charge in [0.25, 0.3) is 0 Å². The number of aromatic nitrogens is 1. The first-order valence-corrected chi connectivity index (χ1v) is 5.93. The van der Waals surface area contributed by atoms with E-state index in [2.05, 4.69) is 4.98 Å². The Bertz CT molecular complexity index is 678. The SMILES string of the molecule is COc1nccc(C(F)(F)F)c1-c1ccccc1C(F)(F)F. The quantitative estimate of drug-likeness (QED) is 0.742. The van der Waals surface area contributed by atoms with Gasteiger partial charge < -0.3 is 4.74 Å². The monoisotopic (exact) mass is 321 g/mol. The fourth-order valence-corrected chi connectivity index (χ4v) is 2.04. The van der Waals surface area contributed by atoms with Crippen molar-refractivity contribution in [2.75, 3.05) is 7.11 Å². The van der Waals surface area contributed by atoms with E-state index in [1.165, 1.54) is 6.07 Å². The maximum absolute atomic E-state index is 13.1. The Kier molecular flexibility index (Phi) is 4.04. The first-order chi connectivity index (χ1) is 10.2. The average Bonchev–Trinajstić information content (AvgIpc) is 2.44. The van der Waals surface area contributed by atoms with Gasteiger partial charge in [-0.15, -0.1) is 0 Å². The van der Waals surface area contributed by atoms with Crippen LogP contribution >= 0.6 is 0 Å². The minimum absolute atomic E-state index is 0.522. The molecule has 2 aromatic rings. The van der Waals surface area contributed by atoms with Crippen LogP contribution in [0.1, 0.15) is 11.1 Å². The van der Waals surface area contributed by atoms with Gasteiger partial charge in [-0.05, 0) is 17.7 Å². The molecule has 0 amide bonds. The summed E-state index contributed by atoms with van der Waals surface area (Å²) in [5, 5.41) is 0. The zero-order chi connectivity index (χ0) is 16.5. The van der Waals surface area contributed by atoms with Gasteiger partial charge in [-0.25, -0.2) is 4.98 Å². The molecule has 0 atom stereocenters. The highest BCUT2D eigenvalue weighted by atomic mass is 19.4. The molecule has 2 nitrogen and oxygen atoms in total. The molecule has 0 aliphatic heterocycles. The topological polar surface area (TPSA) is 22.1 Å². The van der Waals surface area contributed by atoms with E-state index in [1.54, 1.807) is 0 Å². The second-order valence-corrected chi connectivity index (χ2v) is 4.28. The minimum Gasteiger partial charge on any atom is -0.481 e. The molecule has 1 heterocycles. The Labute approximate surface area is 121 Å². The molecule has 1 aromatic carbocycles. The zero-order valence-corrected chi connectivity index (χ0v) is 11.1. The predicted molar refractivity (Wildman–Crippen MR) is 66.2 cm³/mol. The summed E-state index contributed by atoms with van der Waals surface area (Å²) in [4.78, 5) is 3.58. The number of nitrogens with zero attached hydrogens (tertiary/aromatic N) is 1. The number of rotatable bonds is 2. The highest BCUT2D eigenvalue weighted by molar-refractivity contribution is 5.76. The van der Waals surface area contributed by atoms with Crippen molar-refractivity contribution in [1.82, 2.24) is 4.98 Å². The Morgan fingerprint density at radius 3 is 2.00 bits per heavy atom. The van der Waals surface area contributed by atoms with Gasteiger partial charge in [-0.3, -0.25) is 0 Å². The second-order valence-electron chi connectivity index (χ2n) is 4.28. The number of ether oxygens (including phenoxy) is 1. The maximum atomic E-state index is 13.1. The molecule has 0 saturated heterocycles. The lowest BCUT2D eigenvalue weighted by Crippen LogP contribution is -2.12. The van der Waals surface area contributed by atoms with Crippen LogP contribution < -0.4 is 4.74 Å². The Morgan fingerprint density at radius 2 is 1.45 bits per heavy atom. The molecule has 1 aromatic heterocycles. The molecule has 0 N–H and O–H groups in total. The van der Waals surface area contributed by atoms with Crippen LogP contribution in [0.15, 0.2) is 36.5 Å². The zero-order valence-electron chi connectivity index (χ0n) is 11.1. The minimum atomic E-state index is -4.84. The number of methoxy groups -OCH3 is 1. The van der Waals surface area contributed by atoms with Crippen LogP contribution in [0.4, 0.5) is 26.3 Å². The van der Waals surface area contributed by atoms with Gasteiger partial charge in [0.2, 0.25) is 5.88 Å². The largest absolute Gasteiger partial charge is 0.481 e. The van der Waals surface area contributed by atoms with Crippen LogP contribution in [0.2, 0.25) is 0 Å². The molecule has 8 heteroatoms. The smallest absolute Gasteiger partial charge is 0.417 e. The van der Waals surface area contributed by atoms with Crippen molar-refractivity contribution in [3.8, 4) is 17.0 Å². The summed E-state index contributed by atoms with van der Waals surface area (Å²) in [6, 6.07) is 4.60. The van der Waals surface area contributed by atoms with Crippen molar-refractivity contribution in [1.29, 1.82) is 0 Å². The fourth-order valence-electron chi connectivity index (χ4n) is 2.04. The summed E-state index contributed by atoms with van der Waals surface area (Å²) in [6.45, 7) is 0. The van der Waals surface area contributed by atoms with E-state index in [0.29, 0.717) is 12.1 Å². The lowest BCUT2D eigenvalue weighted by molar-refractivity contribution is -0.139. The van der Waals surface area contributed by atoms with Crippen molar-refractivity contribution in [3.63, 3.8) is 0 Å². The van der Waals surface area contributed by atoms with E-state index >= 15 is 0 Å². The normalized spacial score (nSPS) is 12.3. The van der Waals surface area contributed by atoms with E-state index in [0.717, 1.165) is 25.4 Å². The third kappa shape index (κ3) is 3.00. The van der Waals surface area contributed by atoms with Gasteiger partial charge in [0, 0.05) is 6.20 Å². The van der Waals surface area contributed by atoms with Crippen LogP contribution in [0, 0.1) is 0 Å². The van der Waals surface area contributed by atoms with Gasteiger partial charge in [0.05, 0.1) is 23.8 Å². The fraction of sp³-hybridized carbons (Fsp3) is 0.214. The average molecular weight is 321 g/mol. The summed E-state index contributed by atoms with van der Waals surface area (Å²) in [6.07, 6.45) is -8.81. The van der Waals surface area contributed by atoms with Gasteiger partial charge in [-0.1, -0.05) is 18.2 Å². The Balaban J connectivity index is 2.84. The summed E-state index contributed by atoms with van der Waals surface area (Å²) < 4.78 is 83.2. The van der Waals surface area contributed by atoms with Crippen molar-refractivity contribution >= 4 is 0 Å². The Morgan fingerprint density at radius 1 is 0.864 bits per heavy atom. The lowest BCUT2D eigenvalue weighted by atomic mass is 9.96. The van der Waals surface area contributed by atoms with E-state index in [4.69, 9.17) is 4.74 Å². The molecule has 0 bridgehead atoms. The number of alkyl halides is 6. The maximum Gasteiger partial charge on any atom is 0.417 e. The molecule has 0 radical (unpaired) electrons. The summed E-state index contributed by atoms with van der Waals surface area (Å²) in [5.74, 6) is -0.522.